The average Bonchev–Trinajstić information content (AvgIpc) is 3.03. The molecule has 0 bridgehead atoms. The van der Waals surface area contributed by atoms with Crippen LogP contribution in [-0.4, -0.2) is 48.7 Å². The molecule has 276 valence electrons. The summed E-state index contributed by atoms with van der Waals surface area (Å²) in [5.74, 6) is -0.255. The summed E-state index contributed by atoms with van der Waals surface area (Å²) in [5, 5.41) is 0. The molecule has 0 aromatic carbocycles. The number of hydrogen-bond donors (Lipinski definition) is 0. The number of carbonyl (C=O) groups excluding carboxylic acids is 2. The smallest absolute Gasteiger partial charge is 0.309 e. The third-order valence-electron chi connectivity index (χ3n) is 9.81. The lowest BCUT2D eigenvalue weighted by Gasteiger charge is -2.35. The Labute approximate surface area is 313 Å². The molecule has 2 aliphatic carbocycles. The monoisotopic (exact) mass is 789 g/mol. The van der Waals surface area contributed by atoms with E-state index < -0.39 is 0 Å². The molecule has 6 heteroatoms. The highest BCUT2D eigenvalue weighted by Gasteiger charge is 2.26. The van der Waals surface area contributed by atoms with E-state index in [2.05, 4.69) is 119 Å². The van der Waals surface area contributed by atoms with Gasteiger partial charge in [0.1, 0.15) is 13.2 Å². The van der Waals surface area contributed by atoms with Crippen molar-refractivity contribution >= 4 is 34.5 Å². The first-order valence-electron chi connectivity index (χ1n) is 19.0. The number of carbonyl (C=O) groups is 2. The van der Waals surface area contributed by atoms with E-state index in [9.17, 15) is 9.59 Å². The summed E-state index contributed by atoms with van der Waals surface area (Å²) in [6.07, 6.45) is 28.0. The van der Waals surface area contributed by atoms with Crippen molar-refractivity contribution in [2.45, 2.75) is 151 Å². The molecular formula is C43H68INO4. The first-order chi connectivity index (χ1) is 23.2. The zero-order valence-electron chi connectivity index (χ0n) is 32.3. The summed E-state index contributed by atoms with van der Waals surface area (Å²) in [4.78, 5) is 28.0. The van der Waals surface area contributed by atoms with Gasteiger partial charge in [0.05, 0.1) is 11.8 Å². The van der Waals surface area contributed by atoms with Gasteiger partial charge in [-0.1, -0.05) is 64.3 Å². The number of nitrogens with zero attached hydrogens (tertiary/aromatic N) is 1. The van der Waals surface area contributed by atoms with E-state index in [4.69, 9.17) is 9.47 Å². The van der Waals surface area contributed by atoms with Gasteiger partial charge in [-0.2, -0.15) is 0 Å². The first-order valence-corrected chi connectivity index (χ1v) is 20.0. The topological polar surface area (TPSA) is 55.8 Å². The van der Waals surface area contributed by atoms with Crippen LogP contribution in [-0.2, 0) is 19.1 Å². The zero-order valence-corrected chi connectivity index (χ0v) is 34.5. The normalized spacial score (nSPS) is 19.3. The van der Waals surface area contributed by atoms with Crippen LogP contribution in [0.5, 0.6) is 0 Å². The number of ether oxygens (including phenoxy) is 2. The van der Waals surface area contributed by atoms with E-state index >= 15 is 0 Å². The fourth-order valence-corrected chi connectivity index (χ4v) is 6.80. The van der Waals surface area contributed by atoms with Gasteiger partial charge < -0.3 is 9.47 Å². The van der Waals surface area contributed by atoms with Gasteiger partial charge in [0.15, 0.2) is 0 Å². The van der Waals surface area contributed by atoms with Crippen LogP contribution in [0.1, 0.15) is 145 Å². The Morgan fingerprint density at radius 3 is 1.55 bits per heavy atom. The lowest BCUT2D eigenvalue weighted by atomic mass is 9.87. The van der Waals surface area contributed by atoms with Crippen molar-refractivity contribution < 1.29 is 19.1 Å². The molecule has 0 amide bonds. The summed E-state index contributed by atoms with van der Waals surface area (Å²) in [7, 11) is 0. The second kappa shape index (κ2) is 23.5. The molecular weight excluding hydrogens is 721 g/mol. The van der Waals surface area contributed by atoms with Gasteiger partial charge in [0, 0.05) is 18.6 Å². The molecule has 2 unspecified atom stereocenters. The molecule has 0 fully saturated rings. The third-order valence-corrected chi connectivity index (χ3v) is 10.2. The largest absolute Gasteiger partial charge is 0.464 e. The van der Waals surface area contributed by atoms with Gasteiger partial charge in [-0.25, -0.2) is 0 Å². The van der Waals surface area contributed by atoms with E-state index in [-0.39, 0.29) is 29.3 Å². The van der Waals surface area contributed by atoms with Gasteiger partial charge in [0.2, 0.25) is 0 Å². The van der Waals surface area contributed by atoms with E-state index in [1.54, 1.807) is 0 Å². The van der Waals surface area contributed by atoms with Gasteiger partial charge in [-0.15, -0.1) is 0 Å². The molecule has 0 radical (unpaired) electrons. The minimum atomic E-state index is -0.125. The summed E-state index contributed by atoms with van der Waals surface area (Å²) in [5.41, 5.74) is 7.12. The van der Waals surface area contributed by atoms with Crippen LogP contribution in [0.4, 0.5) is 0 Å². The summed E-state index contributed by atoms with van der Waals surface area (Å²) >= 11 is 2.37. The SMILES string of the molecule is CC(C)=CCC/C(C)=C/CCC1=CCC(C(=O)OCCN(CCOC(=O)C2CC=C(CC/C=C(\C)CC/C=C(\C)I)CC2)C(C)(C)C)CC1. The van der Waals surface area contributed by atoms with Crippen molar-refractivity contribution in [3.8, 4) is 0 Å². The van der Waals surface area contributed by atoms with Gasteiger partial charge in [0.25, 0.3) is 0 Å². The predicted octanol–water partition coefficient (Wildman–Crippen LogP) is 11.9. The number of allylic oxidation sites excluding steroid dienone is 12. The lowest BCUT2D eigenvalue weighted by molar-refractivity contribution is -0.150. The number of hydrogen-bond acceptors (Lipinski definition) is 5. The molecule has 0 aromatic rings. The minimum Gasteiger partial charge on any atom is -0.464 e. The van der Waals surface area contributed by atoms with Crippen molar-refractivity contribution in [2.75, 3.05) is 26.3 Å². The number of esters is 2. The Hall–Kier alpha value is -1.93. The first kappa shape index (κ1) is 43.2. The minimum absolute atomic E-state index is 0.0443. The van der Waals surface area contributed by atoms with Crippen molar-refractivity contribution in [3.05, 3.63) is 67.9 Å². The highest BCUT2D eigenvalue weighted by Crippen LogP contribution is 2.29. The van der Waals surface area contributed by atoms with Crippen molar-refractivity contribution in [2.24, 2.45) is 11.8 Å². The molecule has 0 saturated carbocycles. The fourth-order valence-electron chi connectivity index (χ4n) is 6.49. The molecule has 0 spiro atoms. The van der Waals surface area contributed by atoms with Crippen LogP contribution in [0.2, 0.25) is 0 Å². The van der Waals surface area contributed by atoms with Crippen LogP contribution in [0.3, 0.4) is 0 Å². The Morgan fingerprint density at radius 2 is 1.18 bits per heavy atom. The van der Waals surface area contributed by atoms with Crippen molar-refractivity contribution in [1.29, 1.82) is 0 Å². The van der Waals surface area contributed by atoms with Crippen LogP contribution >= 0.6 is 22.6 Å². The maximum absolute atomic E-state index is 12.9. The van der Waals surface area contributed by atoms with E-state index in [1.807, 2.05) is 0 Å². The predicted molar refractivity (Wildman–Crippen MR) is 216 cm³/mol. The molecule has 0 N–H and O–H groups in total. The second-order valence-electron chi connectivity index (χ2n) is 15.5. The molecule has 0 aliphatic heterocycles. The molecule has 0 saturated heterocycles. The van der Waals surface area contributed by atoms with Crippen LogP contribution < -0.4 is 0 Å². The Kier molecular flexibility index (Phi) is 20.8. The van der Waals surface area contributed by atoms with Gasteiger partial charge in [-0.3, -0.25) is 14.5 Å². The summed E-state index contributed by atoms with van der Waals surface area (Å²) in [6, 6.07) is 0. The number of halogens is 1. The third kappa shape index (κ3) is 19.3. The molecule has 2 aliphatic rings. The van der Waals surface area contributed by atoms with Gasteiger partial charge >= 0.3 is 11.9 Å². The molecule has 2 atom stereocenters. The summed E-state index contributed by atoms with van der Waals surface area (Å²) in [6.45, 7) is 19.3. The van der Waals surface area contributed by atoms with Crippen molar-refractivity contribution in [3.63, 3.8) is 0 Å². The highest BCUT2D eigenvalue weighted by atomic mass is 127. The quantitative estimate of drug-likeness (QED) is 0.0698. The van der Waals surface area contributed by atoms with E-state index in [1.165, 1.54) is 31.4 Å². The standard InChI is InChI=1S/C43H68INO4/c1-33(2)13-9-14-34(3)16-11-19-37-21-25-39(26-22-37)41(46)48-31-29-45(43(6,7)8)30-32-49-42(47)40-27-23-38(24-28-40)20-12-17-35(4)15-10-18-36(5)44/h13,16-18,21,23,39-40H,9-12,14-15,19-20,22,24-32H2,1-8H3/b34-16+,35-17+,36-18+. The molecule has 49 heavy (non-hydrogen) atoms. The maximum Gasteiger partial charge on any atom is 0.309 e. The van der Waals surface area contributed by atoms with E-state index in [0.717, 1.165) is 89.9 Å². The van der Waals surface area contributed by atoms with Crippen LogP contribution in [0, 0.1) is 11.8 Å². The molecule has 5 nitrogen and oxygen atoms in total. The summed E-state index contributed by atoms with van der Waals surface area (Å²) < 4.78 is 12.9. The Morgan fingerprint density at radius 1 is 0.735 bits per heavy atom. The van der Waals surface area contributed by atoms with Crippen molar-refractivity contribution in [1.82, 2.24) is 4.90 Å². The van der Waals surface area contributed by atoms with Crippen LogP contribution in [0.15, 0.2) is 67.9 Å². The maximum atomic E-state index is 12.9. The van der Waals surface area contributed by atoms with E-state index in [0.29, 0.717) is 26.3 Å². The van der Waals surface area contributed by atoms with Crippen LogP contribution in [0.25, 0.3) is 0 Å². The number of rotatable bonds is 20. The second-order valence-corrected chi connectivity index (χ2v) is 17.2. The van der Waals surface area contributed by atoms with Gasteiger partial charge in [-0.05, 0) is 171 Å². The lowest BCUT2D eigenvalue weighted by Crippen LogP contribution is -2.45. The zero-order chi connectivity index (χ0) is 36.2. The Balaban J connectivity index is 1.67. The fraction of sp³-hybridized carbons (Fsp3) is 0.674. The molecule has 2 rings (SSSR count). The highest BCUT2D eigenvalue weighted by molar-refractivity contribution is 14.1. The molecule has 0 aromatic heterocycles. The Bertz CT molecular complexity index is 1130. The molecule has 0 heterocycles. The average molecular weight is 790 g/mol.